The number of carbonyl (C=O) groups excluding carboxylic acids is 4. The number of hydrogen-bond donors (Lipinski definition) is 2. The summed E-state index contributed by atoms with van der Waals surface area (Å²) in [6.45, 7) is 9.58. The molecule has 0 saturated carbocycles. The molecule has 0 saturated heterocycles. The van der Waals surface area contributed by atoms with Crippen LogP contribution in [0.5, 0.6) is 0 Å². The van der Waals surface area contributed by atoms with Gasteiger partial charge in [0.05, 0.1) is 6.42 Å². The summed E-state index contributed by atoms with van der Waals surface area (Å²) < 4.78 is 5.11. The number of nitrogens with two attached hydrogens (primary N) is 1. The van der Waals surface area contributed by atoms with Crippen molar-refractivity contribution in [3.63, 3.8) is 0 Å². The van der Waals surface area contributed by atoms with Gasteiger partial charge in [-0.3, -0.25) is 19.7 Å². The molecular formula is C20H28N2O5. The minimum atomic E-state index is -1.15. The predicted molar refractivity (Wildman–Crippen MR) is 101 cm³/mol. The highest BCUT2D eigenvalue weighted by molar-refractivity contribution is 5.98. The number of amides is 3. The normalized spacial score (nSPS) is 12.4. The van der Waals surface area contributed by atoms with Gasteiger partial charge in [0, 0.05) is 12.0 Å². The number of esters is 1. The summed E-state index contributed by atoms with van der Waals surface area (Å²) in [4.78, 5) is 46.9. The van der Waals surface area contributed by atoms with Gasteiger partial charge < -0.3 is 10.5 Å². The van der Waals surface area contributed by atoms with Crippen molar-refractivity contribution in [2.45, 2.75) is 59.0 Å². The van der Waals surface area contributed by atoms with Crippen LogP contribution >= 0.6 is 0 Å². The lowest BCUT2D eigenvalue weighted by Crippen LogP contribution is -2.45. The molecule has 1 aromatic rings. The maximum Gasteiger partial charge on any atom is 0.318 e. The topological polar surface area (TPSA) is 116 Å². The van der Waals surface area contributed by atoms with E-state index in [2.05, 4.69) is 20.8 Å². The molecule has 0 unspecified atom stereocenters. The molecule has 3 amide bonds. The number of benzene rings is 1. The van der Waals surface area contributed by atoms with Crippen molar-refractivity contribution in [3.8, 4) is 0 Å². The Labute approximate surface area is 159 Å². The zero-order valence-electron chi connectivity index (χ0n) is 16.5. The first-order valence-electron chi connectivity index (χ1n) is 8.85. The molecule has 0 aliphatic heterocycles. The number of Topliss-reactive ketones (excluding diaryl/α,β-unsaturated/α-hetero) is 1. The molecule has 0 bridgehead atoms. The first kappa shape index (κ1) is 22.3. The standard InChI is InChI=1S/C20H28N2O5/c1-12(2)17(18(25)22-19(21)26)27-16(24)11-10-15(23)13-6-8-14(9-7-13)20(3,4)5/h6-9,12,17H,10-11H2,1-5H3,(H3,21,22,25,26)/t17-/m0/s1. The minimum Gasteiger partial charge on any atom is -0.452 e. The number of urea groups is 1. The molecule has 7 heteroatoms. The van der Waals surface area contributed by atoms with Crippen LogP contribution in [-0.4, -0.2) is 29.8 Å². The van der Waals surface area contributed by atoms with Gasteiger partial charge in [0.1, 0.15) is 0 Å². The zero-order chi connectivity index (χ0) is 20.8. The van der Waals surface area contributed by atoms with Gasteiger partial charge in [0.15, 0.2) is 11.9 Å². The van der Waals surface area contributed by atoms with Crippen LogP contribution in [0.3, 0.4) is 0 Å². The van der Waals surface area contributed by atoms with E-state index in [1.54, 1.807) is 26.0 Å². The molecule has 1 aromatic carbocycles. The second kappa shape index (κ2) is 9.30. The molecule has 0 spiro atoms. The van der Waals surface area contributed by atoms with E-state index in [0.717, 1.165) is 5.56 Å². The van der Waals surface area contributed by atoms with Crippen LogP contribution in [0.4, 0.5) is 4.79 Å². The summed E-state index contributed by atoms with van der Waals surface area (Å²) in [6, 6.07) is 6.26. The third kappa shape index (κ3) is 7.21. The van der Waals surface area contributed by atoms with E-state index in [4.69, 9.17) is 10.5 Å². The fraction of sp³-hybridized carbons (Fsp3) is 0.500. The molecule has 3 N–H and O–H groups in total. The van der Waals surface area contributed by atoms with Gasteiger partial charge in [-0.25, -0.2) is 4.79 Å². The van der Waals surface area contributed by atoms with E-state index in [-0.39, 0.29) is 30.0 Å². The highest BCUT2D eigenvalue weighted by Gasteiger charge is 2.27. The fourth-order valence-corrected chi connectivity index (χ4v) is 2.40. The Bertz CT molecular complexity index is 702. The molecule has 27 heavy (non-hydrogen) atoms. The molecule has 0 fully saturated rings. The van der Waals surface area contributed by atoms with Gasteiger partial charge >= 0.3 is 12.0 Å². The molecule has 148 valence electrons. The summed E-state index contributed by atoms with van der Waals surface area (Å²) in [5.41, 5.74) is 6.52. The van der Waals surface area contributed by atoms with Crippen LogP contribution in [0.15, 0.2) is 24.3 Å². The second-order valence-corrected chi connectivity index (χ2v) is 7.76. The average molecular weight is 376 g/mol. The average Bonchev–Trinajstić information content (AvgIpc) is 2.55. The van der Waals surface area contributed by atoms with Gasteiger partial charge in [-0.1, -0.05) is 58.9 Å². The largest absolute Gasteiger partial charge is 0.452 e. The highest BCUT2D eigenvalue weighted by atomic mass is 16.5. The summed E-state index contributed by atoms with van der Waals surface area (Å²) in [6.07, 6.45) is -1.34. The number of ketones is 1. The van der Waals surface area contributed by atoms with E-state index < -0.39 is 24.0 Å². The molecule has 7 nitrogen and oxygen atoms in total. The lowest BCUT2D eigenvalue weighted by Gasteiger charge is -2.20. The zero-order valence-corrected chi connectivity index (χ0v) is 16.5. The highest BCUT2D eigenvalue weighted by Crippen LogP contribution is 2.22. The SMILES string of the molecule is CC(C)[C@H](OC(=O)CCC(=O)c1ccc(C(C)(C)C)cc1)C(=O)NC(N)=O. The van der Waals surface area contributed by atoms with Crippen LogP contribution in [0.2, 0.25) is 0 Å². The van der Waals surface area contributed by atoms with Gasteiger partial charge in [0.25, 0.3) is 5.91 Å². The van der Waals surface area contributed by atoms with Crippen molar-refractivity contribution in [2.75, 3.05) is 0 Å². The van der Waals surface area contributed by atoms with Crippen LogP contribution < -0.4 is 11.1 Å². The minimum absolute atomic E-state index is 0.0112. The number of carbonyl (C=O) groups is 4. The maximum atomic E-state index is 12.3. The molecule has 1 atom stereocenters. The Morgan fingerprint density at radius 2 is 1.59 bits per heavy atom. The number of imide groups is 1. The summed E-state index contributed by atoms with van der Waals surface area (Å²) in [5, 5.41) is 1.89. The Morgan fingerprint density at radius 3 is 2.04 bits per heavy atom. The van der Waals surface area contributed by atoms with Gasteiger partial charge in [-0.2, -0.15) is 0 Å². The molecule has 0 aliphatic rings. The smallest absolute Gasteiger partial charge is 0.318 e. The third-order valence-corrected chi connectivity index (χ3v) is 4.00. The number of ether oxygens (including phenoxy) is 1. The Balaban J connectivity index is 2.63. The van der Waals surface area contributed by atoms with Crippen molar-refractivity contribution in [2.24, 2.45) is 11.7 Å². The number of primary amides is 1. The lowest BCUT2D eigenvalue weighted by atomic mass is 9.86. The van der Waals surface area contributed by atoms with Crippen molar-refractivity contribution in [1.82, 2.24) is 5.32 Å². The van der Waals surface area contributed by atoms with Crippen molar-refractivity contribution in [3.05, 3.63) is 35.4 Å². The van der Waals surface area contributed by atoms with Crippen molar-refractivity contribution < 1.29 is 23.9 Å². The Hall–Kier alpha value is -2.70. The van der Waals surface area contributed by atoms with E-state index >= 15 is 0 Å². The first-order valence-corrected chi connectivity index (χ1v) is 8.85. The Kier molecular flexibility index (Phi) is 7.69. The van der Waals surface area contributed by atoms with E-state index in [9.17, 15) is 19.2 Å². The van der Waals surface area contributed by atoms with Crippen molar-refractivity contribution in [1.29, 1.82) is 0 Å². The van der Waals surface area contributed by atoms with Gasteiger partial charge in [-0.15, -0.1) is 0 Å². The van der Waals surface area contributed by atoms with Crippen LogP contribution in [0.1, 0.15) is 63.4 Å². The molecular weight excluding hydrogens is 348 g/mol. The van der Waals surface area contributed by atoms with Crippen LogP contribution in [0.25, 0.3) is 0 Å². The molecule has 0 heterocycles. The fourth-order valence-electron chi connectivity index (χ4n) is 2.40. The quantitative estimate of drug-likeness (QED) is 0.561. The molecule has 0 aromatic heterocycles. The van der Waals surface area contributed by atoms with Crippen LogP contribution in [-0.2, 0) is 19.7 Å². The Morgan fingerprint density at radius 1 is 1.04 bits per heavy atom. The van der Waals surface area contributed by atoms with E-state index in [0.29, 0.717) is 5.56 Å². The third-order valence-electron chi connectivity index (χ3n) is 4.00. The number of rotatable bonds is 7. The molecule has 0 radical (unpaired) electrons. The van der Waals surface area contributed by atoms with Crippen molar-refractivity contribution >= 4 is 23.7 Å². The number of hydrogen-bond acceptors (Lipinski definition) is 5. The molecule has 0 aliphatic carbocycles. The lowest BCUT2D eigenvalue weighted by molar-refractivity contribution is -0.158. The molecule has 1 rings (SSSR count). The number of nitrogens with one attached hydrogen (secondary N) is 1. The summed E-state index contributed by atoms with van der Waals surface area (Å²) in [5.74, 6) is -2.01. The predicted octanol–water partition coefficient (Wildman–Crippen LogP) is 2.71. The second-order valence-electron chi connectivity index (χ2n) is 7.76. The summed E-state index contributed by atoms with van der Waals surface area (Å²) >= 11 is 0. The van der Waals surface area contributed by atoms with Gasteiger partial charge in [0.2, 0.25) is 0 Å². The van der Waals surface area contributed by atoms with Gasteiger partial charge in [-0.05, 0) is 16.9 Å². The first-order chi connectivity index (χ1) is 12.4. The van der Waals surface area contributed by atoms with Crippen LogP contribution in [0, 0.1) is 5.92 Å². The maximum absolute atomic E-state index is 12.3. The van der Waals surface area contributed by atoms with E-state index in [1.807, 2.05) is 17.4 Å². The van der Waals surface area contributed by atoms with E-state index in [1.165, 1.54) is 0 Å². The summed E-state index contributed by atoms with van der Waals surface area (Å²) in [7, 11) is 0. The monoisotopic (exact) mass is 376 g/mol.